The van der Waals surface area contributed by atoms with Crippen molar-refractivity contribution in [3.05, 3.63) is 57.3 Å². The van der Waals surface area contributed by atoms with Gasteiger partial charge in [0.1, 0.15) is 11.1 Å². The average Bonchev–Trinajstić information content (AvgIpc) is 2.55. The molecule has 0 spiro atoms. The van der Waals surface area contributed by atoms with Crippen LogP contribution in [0.15, 0.2) is 34.2 Å². The van der Waals surface area contributed by atoms with Gasteiger partial charge in [-0.3, -0.25) is 14.2 Å². The quantitative estimate of drug-likeness (QED) is 0.471. The Bertz CT molecular complexity index is 820. The Morgan fingerprint density at radius 1 is 1.46 bits per heavy atom. The maximum atomic E-state index is 13.3. The molecule has 1 aromatic carbocycles. The molecule has 1 aromatic heterocycles. The number of benzene rings is 1. The van der Waals surface area contributed by atoms with Crippen LogP contribution in [0, 0.1) is 12.7 Å². The van der Waals surface area contributed by atoms with Crippen molar-refractivity contribution < 1.29 is 13.9 Å². The zero-order chi connectivity index (χ0) is 17.9. The SMILES string of the molecule is COC(=O)C(C)Sc1nc(C)c(Cc2cccc(F)c2)c(=O)n1C. The Balaban J connectivity index is 2.34. The second-order valence-electron chi connectivity index (χ2n) is 5.41. The molecule has 0 saturated heterocycles. The van der Waals surface area contributed by atoms with Gasteiger partial charge in [0.25, 0.3) is 5.56 Å². The lowest BCUT2D eigenvalue weighted by Gasteiger charge is -2.14. The number of carbonyl (C=O) groups excluding carboxylic acids is 1. The Hall–Kier alpha value is -2.15. The van der Waals surface area contributed by atoms with Crippen LogP contribution in [0.3, 0.4) is 0 Å². The summed E-state index contributed by atoms with van der Waals surface area (Å²) in [6.07, 6.45) is 0.306. The van der Waals surface area contributed by atoms with Gasteiger partial charge in [0.2, 0.25) is 0 Å². The van der Waals surface area contributed by atoms with Crippen molar-refractivity contribution in [1.29, 1.82) is 0 Å². The third-order valence-corrected chi connectivity index (χ3v) is 4.76. The molecule has 24 heavy (non-hydrogen) atoms. The van der Waals surface area contributed by atoms with Crippen LogP contribution in [-0.4, -0.2) is 27.9 Å². The average molecular weight is 350 g/mol. The summed E-state index contributed by atoms with van der Waals surface area (Å²) in [7, 11) is 2.93. The number of carbonyl (C=O) groups is 1. The fourth-order valence-electron chi connectivity index (χ4n) is 2.26. The van der Waals surface area contributed by atoms with E-state index < -0.39 is 5.25 Å². The van der Waals surface area contributed by atoms with E-state index in [-0.39, 0.29) is 17.3 Å². The van der Waals surface area contributed by atoms with Crippen molar-refractivity contribution >= 4 is 17.7 Å². The number of halogens is 1. The summed E-state index contributed by atoms with van der Waals surface area (Å²) in [5.41, 5.74) is 1.59. The minimum atomic E-state index is -0.471. The molecule has 0 radical (unpaired) electrons. The second-order valence-corrected chi connectivity index (χ2v) is 6.72. The first kappa shape index (κ1) is 18.2. The molecule has 1 atom stereocenters. The van der Waals surface area contributed by atoms with Crippen LogP contribution in [-0.2, 0) is 23.0 Å². The Kier molecular flexibility index (Phi) is 5.77. The summed E-state index contributed by atoms with van der Waals surface area (Å²) < 4.78 is 19.4. The number of thioether (sulfide) groups is 1. The van der Waals surface area contributed by atoms with Gasteiger partial charge in [-0.05, 0) is 31.5 Å². The van der Waals surface area contributed by atoms with E-state index in [0.29, 0.717) is 28.4 Å². The lowest BCUT2D eigenvalue weighted by atomic mass is 10.1. The minimum Gasteiger partial charge on any atom is -0.468 e. The van der Waals surface area contributed by atoms with Crippen molar-refractivity contribution in [3.8, 4) is 0 Å². The Morgan fingerprint density at radius 2 is 2.17 bits per heavy atom. The normalized spacial score (nSPS) is 12.0. The first-order valence-electron chi connectivity index (χ1n) is 7.39. The van der Waals surface area contributed by atoms with Crippen LogP contribution in [0.1, 0.15) is 23.7 Å². The van der Waals surface area contributed by atoms with Gasteiger partial charge >= 0.3 is 5.97 Å². The number of nitrogens with zero attached hydrogens (tertiary/aromatic N) is 2. The summed E-state index contributed by atoms with van der Waals surface area (Å²) in [6, 6.07) is 6.14. The third-order valence-electron chi connectivity index (χ3n) is 3.64. The maximum absolute atomic E-state index is 13.3. The van der Waals surface area contributed by atoms with Crippen molar-refractivity contribution in [1.82, 2.24) is 9.55 Å². The number of aromatic nitrogens is 2. The molecule has 0 fully saturated rings. The van der Waals surface area contributed by atoms with Crippen LogP contribution in [0.25, 0.3) is 0 Å². The standard InChI is InChI=1S/C17H19FN2O3S/c1-10-14(9-12-6-5-7-13(18)8-12)15(21)20(3)17(19-10)24-11(2)16(22)23-4/h5-8,11H,9H2,1-4H3. The summed E-state index contributed by atoms with van der Waals surface area (Å²) in [5, 5.41) is -0.0278. The zero-order valence-electron chi connectivity index (χ0n) is 14.0. The molecule has 5 nitrogen and oxygen atoms in total. The smallest absolute Gasteiger partial charge is 0.318 e. The molecule has 0 saturated carbocycles. The number of ether oxygens (including phenoxy) is 1. The van der Waals surface area contributed by atoms with Gasteiger partial charge in [0.15, 0.2) is 5.16 Å². The minimum absolute atomic E-state index is 0.202. The van der Waals surface area contributed by atoms with E-state index in [1.54, 1.807) is 33.0 Å². The van der Waals surface area contributed by atoms with Crippen LogP contribution >= 0.6 is 11.8 Å². The fraction of sp³-hybridized carbons (Fsp3) is 0.353. The number of rotatable bonds is 5. The van der Waals surface area contributed by atoms with E-state index in [2.05, 4.69) is 9.72 Å². The molecule has 0 aliphatic carbocycles. The maximum Gasteiger partial charge on any atom is 0.318 e. The molecule has 0 amide bonds. The molecule has 2 rings (SSSR count). The number of hydrogen-bond donors (Lipinski definition) is 0. The van der Waals surface area contributed by atoms with Gasteiger partial charge in [-0.1, -0.05) is 23.9 Å². The van der Waals surface area contributed by atoms with Crippen LogP contribution < -0.4 is 5.56 Å². The van der Waals surface area contributed by atoms with Crippen LogP contribution in [0.4, 0.5) is 4.39 Å². The summed E-state index contributed by atoms with van der Waals surface area (Å²) in [4.78, 5) is 28.6. The highest BCUT2D eigenvalue weighted by Gasteiger charge is 2.19. The van der Waals surface area contributed by atoms with Crippen molar-refractivity contribution in [2.45, 2.75) is 30.7 Å². The van der Waals surface area contributed by atoms with Gasteiger partial charge in [0.05, 0.1) is 7.11 Å². The molecule has 0 N–H and O–H groups in total. The van der Waals surface area contributed by atoms with Gasteiger partial charge in [-0.2, -0.15) is 0 Å². The van der Waals surface area contributed by atoms with Gasteiger partial charge in [-0.15, -0.1) is 0 Å². The van der Waals surface area contributed by atoms with Crippen LogP contribution in [0.5, 0.6) is 0 Å². The van der Waals surface area contributed by atoms with E-state index in [1.165, 1.54) is 35.6 Å². The monoisotopic (exact) mass is 350 g/mol. The first-order valence-corrected chi connectivity index (χ1v) is 8.27. The molecule has 0 aliphatic heterocycles. The number of methoxy groups -OCH3 is 1. The lowest BCUT2D eigenvalue weighted by Crippen LogP contribution is -2.27. The second kappa shape index (κ2) is 7.61. The largest absolute Gasteiger partial charge is 0.468 e. The van der Waals surface area contributed by atoms with E-state index in [1.807, 2.05) is 0 Å². The molecule has 2 aromatic rings. The van der Waals surface area contributed by atoms with Gasteiger partial charge < -0.3 is 4.74 Å². The number of esters is 1. The number of aryl methyl sites for hydroxylation is 1. The van der Waals surface area contributed by atoms with Gasteiger partial charge in [0, 0.05) is 24.7 Å². The summed E-state index contributed by atoms with van der Waals surface area (Å²) >= 11 is 1.17. The molecule has 128 valence electrons. The van der Waals surface area contributed by atoms with E-state index in [9.17, 15) is 14.0 Å². The first-order chi connectivity index (χ1) is 11.3. The van der Waals surface area contributed by atoms with E-state index in [0.717, 1.165) is 0 Å². The molecular formula is C17H19FN2O3S. The summed E-state index contributed by atoms with van der Waals surface area (Å²) in [5.74, 6) is -0.718. The molecule has 1 unspecified atom stereocenters. The highest BCUT2D eigenvalue weighted by Crippen LogP contribution is 2.22. The molecule has 1 heterocycles. The number of hydrogen-bond acceptors (Lipinski definition) is 5. The Morgan fingerprint density at radius 3 is 2.79 bits per heavy atom. The zero-order valence-corrected chi connectivity index (χ0v) is 14.8. The summed E-state index contributed by atoms with van der Waals surface area (Å²) in [6.45, 7) is 3.43. The predicted molar refractivity (Wildman–Crippen MR) is 90.8 cm³/mol. The Labute approximate surface area is 143 Å². The highest BCUT2D eigenvalue weighted by molar-refractivity contribution is 8.00. The van der Waals surface area contributed by atoms with Crippen LogP contribution in [0.2, 0.25) is 0 Å². The molecule has 0 aliphatic rings. The van der Waals surface area contributed by atoms with Gasteiger partial charge in [-0.25, -0.2) is 9.37 Å². The van der Waals surface area contributed by atoms with Crippen molar-refractivity contribution in [2.75, 3.05) is 7.11 Å². The van der Waals surface area contributed by atoms with E-state index >= 15 is 0 Å². The third kappa shape index (κ3) is 4.03. The molecule has 7 heteroatoms. The molecule has 0 bridgehead atoms. The lowest BCUT2D eigenvalue weighted by molar-refractivity contribution is -0.139. The van der Waals surface area contributed by atoms with E-state index in [4.69, 9.17) is 0 Å². The van der Waals surface area contributed by atoms with Crippen molar-refractivity contribution in [3.63, 3.8) is 0 Å². The highest BCUT2D eigenvalue weighted by atomic mass is 32.2. The fourth-order valence-corrected chi connectivity index (χ4v) is 3.20. The predicted octanol–water partition coefficient (Wildman–Crippen LogP) is 2.47. The molecular weight excluding hydrogens is 331 g/mol. The topological polar surface area (TPSA) is 61.2 Å². The van der Waals surface area contributed by atoms with Crippen molar-refractivity contribution in [2.24, 2.45) is 7.05 Å².